The number of anilines is 1. The van der Waals surface area contributed by atoms with Gasteiger partial charge in [-0.25, -0.2) is 4.98 Å². The van der Waals surface area contributed by atoms with Crippen molar-refractivity contribution < 1.29 is 9.59 Å². The van der Waals surface area contributed by atoms with E-state index in [-0.39, 0.29) is 18.4 Å². The maximum absolute atomic E-state index is 12.4. The Balaban J connectivity index is 1.61. The van der Waals surface area contributed by atoms with Crippen molar-refractivity contribution in [2.24, 2.45) is 0 Å². The standard InChI is InChI=1S/C22H23N3O2S/c1-14-11-15(2)22(16(3)12-14)24-19(26)13-25(4)21(27)10-9-20-23-17-7-5-6-8-18(17)28-20/h5-12H,13H2,1-4H3,(H,24,26)/b10-9+. The normalized spacial score (nSPS) is 11.1. The molecule has 0 aliphatic carbocycles. The molecule has 1 aromatic heterocycles. The Hall–Kier alpha value is -2.99. The Morgan fingerprint density at radius 3 is 2.50 bits per heavy atom. The lowest BCUT2D eigenvalue weighted by atomic mass is 10.1. The molecule has 0 saturated heterocycles. The number of carbonyl (C=O) groups excluding carboxylic acids is 2. The molecular formula is C22H23N3O2S. The topological polar surface area (TPSA) is 62.3 Å². The number of likely N-dealkylation sites (N-methyl/N-ethyl adjacent to an activating group) is 1. The highest BCUT2D eigenvalue weighted by atomic mass is 32.1. The summed E-state index contributed by atoms with van der Waals surface area (Å²) in [5.41, 5.74) is 4.89. The molecule has 0 aliphatic rings. The van der Waals surface area contributed by atoms with Crippen molar-refractivity contribution in [3.8, 4) is 0 Å². The molecule has 3 rings (SSSR count). The summed E-state index contributed by atoms with van der Waals surface area (Å²) in [6, 6.07) is 11.9. The number of rotatable bonds is 5. The quantitative estimate of drug-likeness (QED) is 0.656. The molecule has 2 amide bonds. The Bertz CT molecular complexity index is 1010. The zero-order valence-electron chi connectivity index (χ0n) is 16.4. The van der Waals surface area contributed by atoms with Gasteiger partial charge in [0.25, 0.3) is 0 Å². The number of aromatic nitrogens is 1. The fourth-order valence-corrected chi connectivity index (χ4v) is 3.95. The number of fused-ring (bicyclic) bond motifs is 1. The smallest absolute Gasteiger partial charge is 0.246 e. The second kappa shape index (κ2) is 8.35. The third-order valence-electron chi connectivity index (χ3n) is 4.38. The minimum atomic E-state index is -0.244. The van der Waals surface area contributed by atoms with Gasteiger partial charge in [0, 0.05) is 18.8 Å². The van der Waals surface area contributed by atoms with Crippen LogP contribution < -0.4 is 5.32 Å². The van der Waals surface area contributed by atoms with Crippen LogP contribution >= 0.6 is 11.3 Å². The second-order valence-electron chi connectivity index (χ2n) is 6.87. The van der Waals surface area contributed by atoms with Gasteiger partial charge >= 0.3 is 0 Å². The number of benzene rings is 2. The molecule has 0 atom stereocenters. The fraction of sp³-hybridized carbons (Fsp3) is 0.227. The predicted octanol–water partition coefficient (Wildman–Crippen LogP) is 4.33. The average Bonchev–Trinajstić information content (AvgIpc) is 3.05. The third kappa shape index (κ3) is 4.64. The molecule has 0 bridgehead atoms. The summed E-state index contributed by atoms with van der Waals surface area (Å²) in [7, 11) is 1.61. The number of thiazole rings is 1. The Morgan fingerprint density at radius 2 is 1.82 bits per heavy atom. The van der Waals surface area contributed by atoms with Crippen molar-refractivity contribution >= 4 is 45.1 Å². The van der Waals surface area contributed by atoms with Crippen molar-refractivity contribution in [2.75, 3.05) is 18.9 Å². The van der Waals surface area contributed by atoms with Gasteiger partial charge < -0.3 is 10.2 Å². The number of amides is 2. The van der Waals surface area contributed by atoms with Crippen LogP contribution in [0.3, 0.4) is 0 Å². The SMILES string of the molecule is Cc1cc(C)c(NC(=O)CN(C)C(=O)/C=C/c2nc3ccccc3s2)c(C)c1. The lowest BCUT2D eigenvalue weighted by Crippen LogP contribution is -2.34. The van der Waals surface area contributed by atoms with Crippen LogP contribution in [0.2, 0.25) is 0 Å². The van der Waals surface area contributed by atoms with Gasteiger partial charge in [0.1, 0.15) is 5.01 Å². The fourth-order valence-electron chi connectivity index (χ4n) is 3.08. The van der Waals surface area contributed by atoms with Crippen molar-refractivity contribution in [3.63, 3.8) is 0 Å². The molecular weight excluding hydrogens is 370 g/mol. The van der Waals surface area contributed by atoms with Crippen molar-refractivity contribution in [2.45, 2.75) is 20.8 Å². The van der Waals surface area contributed by atoms with Gasteiger partial charge in [-0.1, -0.05) is 29.8 Å². The first-order valence-corrected chi connectivity index (χ1v) is 9.81. The summed E-state index contributed by atoms with van der Waals surface area (Å²) in [5.74, 6) is -0.467. The lowest BCUT2D eigenvalue weighted by molar-refractivity contribution is -0.129. The molecule has 5 nitrogen and oxygen atoms in total. The highest BCUT2D eigenvalue weighted by Crippen LogP contribution is 2.23. The molecule has 3 aromatic rings. The third-order valence-corrected chi connectivity index (χ3v) is 5.38. The molecule has 1 N–H and O–H groups in total. The first-order valence-electron chi connectivity index (χ1n) is 9.00. The highest BCUT2D eigenvalue weighted by molar-refractivity contribution is 7.19. The minimum absolute atomic E-state index is 0.0181. The molecule has 28 heavy (non-hydrogen) atoms. The molecule has 144 valence electrons. The van der Waals surface area contributed by atoms with Crippen LogP contribution in [0.4, 0.5) is 5.69 Å². The van der Waals surface area contributed by atoms with E-state index in [1.54, 1.807) is 13.1 Å². The van der Waals surface area contributed by atoms with Crippen LogP contribution in [0.25, 0.3) is 16.3 Å². The molecule has 2 aromatic carbocycles. The molecule has 0 radical (unpaired) electrons. The maximum Gasteiger partial charge on any atom is 0.246 e. The van der Waals surface area contributed by atoms with Crippen LogP contribution in [-0.4, -0.2) is 35.3 Å². The van der Waals surface area contributed by atoms with Gasteiger partial charge in [-0.2, -0.15) is 0 Å². The zero-order valence-corrected chi connectivity index (χ0v) is 17.3. The van der Waals surface area contributed by atoms with Crippen LogP contribution in [0, 0.1) is 20.8 Å². The number of carbonyl (C=O) groups is 2. The maximum atomic E-state index is 12.4. The van der Waals surface area contributed by atoms with E-state index in [4.69, 9.17) is 0 Å². The summed E-state index contributed by atoms with van der Waals surface area (Å²) in [6.07, 6.45) is 3.14. The molecule has 0 unspecified atom stereocenters. The second-order valence-corrected chi connectivity index (χ2v) is 7.93. The van der Waals surface area contributed by atoms with E-state index in [1.165, 1.54) is 22.3 Å². The van der Waals surface area contributed by atoms with Gasteiger partial charge in [-0.05, 0) is 50.1 Å². The molecule has 1 heterocycles. The van der Waals surface area contributed by atoms with Crippen molar-refractivity contribution in [3.05, 3.63) is 64.2 Å². The summed E-state index contributed by atoms with van der Waals surface area (Å²) < 4.78 is 1.08. The van der Waals surface area contributed by atoms with Crippen molar-refractivity contribution in [1.29, 1.82) is 0 Å². The summed E-state index contributed by atoms with van der Waals surface area (Å²) in [6.45, 7) is 5.93. The summed E-state index contributed by atoms with van der Waals surface area (Å²) in [4.78, 5) is 30.6. The largest absolute Gasteiger partial charge is 0.333 e. The number of hydrogen-bond donors (Lipinski definition) is 1. The first kappa shape index (κ1) is 19.8. The predicted molar refractivity (Wildman–Crippen MR) is 116 cm³/mol. The molecule has 0 aliphatic heterocycles. The van der Waals surface area contributed by atoms with E-state index in [9.17, 15) is 9.59 Å². The van der Waals surface area contributed by atoms with E-state index >= 15 is 0 Å². The van der Waals surface area contributed by atoms with Gasteiger partial charge in [0.2, 0.25) is 11.8 Å². The van der Waals surface area contributed by atoms with E-state index in [1.807, 2.05) is 57.2 Å². The number of hydrogen-bond acceptors (Lipinski definition) is 4. The summed E-state index contributed by atoms with van der Waals surface area (Å²) >= 11 is 1.52. The minimum Gasteiger partial charge on any atom is -0.333 e. The number of para-hydroxylation sites is 1. The molecule has 0 saturated carbocycles. The molecule has 0 spiro atoms. The first-order chi connectivity index (χ1) is 13.3. The van der Waals surface area contributed by atoms with Crippen LogP contribution in [-0.2, 0) is 9.59 Å². The van der Waals surface area contributed by atoms with Gasteiger partial charge in [0.15, 0.2) is 0 Å². The number of nitrogens with one attached hydrogen (secondary N) is 1. The van der Waals surface area contributed by atoms with E-state index in [0.717, 1.165) is 37.6 Å². The monoisotopic (exact) mass is 393 g/mol. The van der Waals surface area contributed by atoms with E-state index < -0.39 is 0 Å². The lowest BCUT2D eigenvalue weighted by Gasteiger charge is -2.17. The van der Waals surface area contributed by atoms with Crippen molar-refractivity contribution in [1.82, 2.24) is 9.88 Å². The van der Waals surface area contributed by atoms with Crippen LogP contribution in [0.15, 0.2) is 42.5 Å². The van der Waals surface area contributed by atoms with E-state index in [2.05, 4.69) is 10.3 Å². The van der Waals surface area contributed by atoms with Crippen LogP contribution in [0.1, 0.15) is 21.7 Å². The van der Waals surface area contributed by atoms with Gasteiger partial charge in [-0.15, -0.1) is 11.3 Å². The summed E-state index contributed by atoms with van der Waals surface area (Å²) in [5, 5.41) is 3.68. The van der Waals surface area contributed by atoms with Crippen LogP contribution in [0.5, 0.6) is 0 Å². The highest BCUT2D eigenvalue weighted by Gasteiger charge is 2.13. The van der Waals surface area contributed by atoms with Gasteiger partial charge in [0.05, 0.1) is 16.8 Å². The Kier molecular flexibility index (Phi) is 5.90. The van der Waals surface area contributed by atoms with E-state index in [0.29, 0.717) is 0 Å². The average molecular weight is 394 g/mol. The number of nitrogens with zero attached hydrogens (tertiary/aromatic N) is 2. The Labute approximate surface area is 168 Å². The zero-order chi connectivity index (χ0) is 20.3. The molecule has 6 heteroatoms. The Morgan fingerprint density at radius 1 is 1.14 bits per heavy atom. The molecule has 0 fully saturated rings. The van der Waals surface area contributed by atoms with Gasteiger partial charge in [-0.3, -0.25) is 9.59 Å². The number of aryl methyl sites for hydroxylation is 3.